The van der Waals surface area contributed by atoms with E-state index in [0.29, 0.717) is 22.8 Å². The first-order valence-electron chi connectivity index (χ1n) is 16.3. The molecule has 0 unspecified atom stereocenters. The Bertz CT molecular complexity index is 2310. The van der Waals surface area contributed by atoms with E-state index in [1.165, 1.54) is 0 Å². The van der Waals surface area contributed by atoms with Crippen LogP contribution in [-0.4, -0.2) is 24.9 Å². The third kappa shape index (κ3) is 6.16. The van der Waals surface area contributed by atoms with Crippen LogP contribution in [0.1, 0.15) is 0 Å². The minimum atomic E-state index is -3.23. The zero-order valence-corrected chi connectivity index (χ0v) is 27.8. The lowest BCUT2D eigenvalue weighted by Gasteiger charge is -2.20. The molecule has 3 heterocycles. The average Bonchev–Trinajstić information content (AvgIpc) is 3.22. The first-order chi connectivity index (χ1) is 24.6. The monoisotopic (exact) mass is 663 g/mol. The molecule has 238 valence electrons. The smallest absolute Gasteiger partial charge is 0.171 e. The van der Waals surface area contributed by atoms with Gasteiger partial charge in [0.1, 0.15) is 0 Å². The second kappa shape index (κ2) is 13.6. The normalized spacial score (nSPS) is 11.3. The molecule has 0 saturated heterocycles. The summed E-state index contributed by atoms with van der Waals surface area (Å²) in [7, 11) is -3.23. The molecule has 0 atom stereocenters. The maximum absolute atomic E-state index is 15.3. The number of aromatic nitrogens is 5. The zero-order valence-electron chi connectivity index (χ0n) is 26.9. The fourth-order valence-electron chi connectivity index (χ4n) is 6.07. The van der Waals surface area contributed by atoms with Crippen molar-refractivity contribution in [3.63, 3.8) is 0 Å². The maximum Gasteiger partial charge on any atom is 0.171 e. The molecule has 0 aliphatic carbocycles. The summed E-state index contributed by atoms with van der Waals surface area (Å²) in [5.74, 6) is 1.54. The van der Waals surface area contributed by atoms with Crippen molar-refractivity contribution in [3.05, 3.63) is 183 Å². The largest absolute Gasteiger partial charge is 0.309 e. The van der Waals surface area contributed by atoms with Crippen molar-refractivity contribution < 1.29 is 4.57 Å². The summed E-state index contributed by atoms with van der Waals surface area (Å²) < 4.78 is 15.3. The molecule has 0 fully saturated rings. The Morgan fingerprint density at radius 3 is 1.16 bits per heavy atom. The molecule has 8 aromatic rings. The Balaban J connectivity index is 1.30. The predicted octanol–water partition coefficient (Wildman–Crippen LogP) is 8.64. The second-order valence-electron chi connectivity index (χ2n) is 11.8. The van der Waals surface area contributed by atoms with E-state index in [4.69, 9.17) is 15.0 Å². The lowest BCUT2D eigenvalue weighted by molar-refractivity contribution is 0.592. The van der Waals surface area contributed by atoms with Crippen molar-refractivity contribution in [2.45, 2.75) is 0 Å². The molecule has 0 N–H and O–H groups in total. The number of rotatable bonds is 8. The zero-order chi connectivity index (χ0) is 33.8. The fourth-order valence-corrected chi connectivity index (χ4v) is 8.77. The minimum Gasteiger partial charge on any atom is -0.309 e. The molecule has 0 aliphatic rings. The van der Waals surface area contributed by atoms with Crippen LogP contribution in [0.15, 0.2) is 183 Å². The van der Waals surface area contributed by atoms with Crippen LogP contribution in [-0.2, 0) is 4.57 Å². The van der Waals surface area contributed by atoms with Gasteiger partial charge in [-0.25, -0.2) is 15.0 Å². The van der Waals surface area contributed by atoms with Gasteiger partial charge >= 0.3 is 0 Å². The van der Waals surface area contributed by atoms with E-state index in [1.807, 2.05) is 146 Å². The van der Waals surface area contributed by atoms with Gasteiger partial charge in [-0.2, -0.15) is 0 Å². The summed E-state index contributed by atoms with van der Waals surface area (Å²) in [4.78, 5) is 23.7. The van der Waals surface area contributed by atoms with Crippen LogP contribution in [0.3, 0.4) is 0 Å². The summed E-state index contributed by atoms with van der Waals surface area (Å²) in [6, 6.07) is 51.3. The Hall–Kier alpha value is -6.36. The highest BCUT2D eigenvalue weighted by Crippen LogP contribution is 2.43. The molecule has 0 radical (unpaired) electrons. The van der Waals surface area contributed by atoms with E-state index in [-0.39, 0.29) is 0 Å². The molecule has 0 bridgehead atoms. The standard InChI is InChI=1S/C43H30N5OP/c49-50(38-19-3-1-4-20-38,39-21-5-2-6-22-39)40-23-9-16-35(28-40)43-47-41(33-14-7-12-31(26-33)36-17-10-24-44-29-36)46-42(48-43)34-15-8-13-32(27-34)37-18-11-25-45-30-37/h1-30H. The van der Waals surface area contributed by atoms with Gasteiger partial charge in [0.15, 0.2) is 24.6 Å². The predicted molar refractivity (Wildman–Crippen MR) is 202 cm³/mol. The summed E-state index contributed by atoms with van der Waals surface area (Å²) in [6.45, 7) is 0. The third-order valence-corrected chi connectivity index (χ3v) is 11.6. The lowest BCUT2D eigenvalue weighted by Crippen LogP contribution is -2.25. The Morgan fingerprint density at radius 2 is 0.720 bits per heavy atom. The number of pyridine rings is 2. The van der Waals surface area contributed by atoms with Gasteiger partial charge in [0.05, 0.1) is 0 Å². The SMILES string of the molecule is O=P(c1ccccc1)(c1ccccc1)c1cccc(-c2nc(-c3cccc(-c4cccnc4)c3)nc(-c3cccc(-c4cccnc4)c3)n2)c1. The van der Waals surface area contributed by atoms with E-state index in [1.54, 1.807) is 12.4 Å². The van der Waals surface area contributed by atoms with Gasteiger partial charge in [0.25, 0.3) is 0 Å². The van der Waals surface area contributed by atoms with E-state index >= 15 is 4.57 Å². The topological polar surface area (TPSA) is 81.5 Å². The summed E-state index contributed by atoms with van der Waals surface area (Å²) in [5.41, 5.74) is 6.44. The maximum atomic E-state index is 15.3. The molecule has 7 heteroatoms. The van der Waals surface area contributed by atoms with Gasteiger partial charge in [0.2, 0.25) is 0 Å². The highest BCUT2D eigenvalue weighted by Gasteiger charge is 2.30. The van der Waals surface area contributed by atoms with Gasteiger partial charge in [-0.1, -0.05) is 127 Å². The van der Waals surface area contributed by atoms with Gasteiger partial charge in [-0.3, -0.25) is 9.97 Å². The van der Waals surface area contributed by atoms with E-state index in [2.05, 4.69) is 34.2 Å². The summed E-state index contributed by atoms with van der Waals surface area (Å²) in [6.07, 6.45) is 7.22. The minimum absolute atomic E-state index is 0.484. The molecule has 6 nitrogen and oxygen atoms in total. The van der Waals surface area contributed by atoms with Gasteiger partial charge in [-0.05, 0) is 41.5 Å². The fraction of sp³-hybridized carbons (Fsp3) is 0. The van der Waals surface area contributed by atoms with Crippen molar-refractivity contribution in [3.8, 4) is 56.4 Å². The van der Waals surface area contributed by atoms with Crippen molar-refractivity contribution in [2.24, 2.45) is 0 Å². The number of hydrogen-bond acceptors (Lipinski definition) is 6. The summed E-state index contributed by atoms with van der Waals surface area (Å²) in [5, 5.41) is 2.23. The Labute approximate surface area is 290 Å². The second-order valence-corrected chi connectivity index (χ2v) is 14.5. The molecular formula is C43H30N5OP. The van der Waals surface area contributed by atoms with Crippen LogP contribution >= 0.6 is 7.14 Å². The number of benzene rings is 5. The molecule has 3 aromatic heterocycles. The van der Waals surface area contributed by atoms with Gasteiger partial charge < -0.3 is 4.57 Å². The van der Waals surface area contributed by atoms with Crippen LogP contribution in [0.2, 0.25) is 0 Å². The van der Waals surface area contributed by atoms with E-state index in [0.717, 1.165) is 49.6 Å². The van der Waals surface area contributed by atoms with Crippen LogP contribution in [0, 0.1) is 0 Å². The number of hydrogen-bond donors (Lipinski definition) is 0. The van der Waals surface area contributed by atoms with Crippen LogP contribution < -0.4 is 15.9 Å². The quantitative estimate of drug-likeness (QED) is 0.152. The first-order valence-corrected chi connectivity index (χ1v) is 18.0. The molecule has 50 heavy (non-hydrogen) atoms. The molecule has 0 amide bonds. The molecular weight excluding hydrogens is 633 g/mol. The molecule has 0 saturated carbocycles. The first kappa shape index (κ1) is 30.9. The molecule has 5 aromatic carbocycles. The van der Waals surface area contributed by atoms with Gasteiger partial charge in [0, 0.05) is 68.5 Å². The number of nitrogens with zero attached hydrogens (tertiary/aromatic N) is 5. The van der Waals surface area contributed by atoms with Crippen LogP contribution in [0.5, 0.6) is 0 Å². The Kier molecular flexibility index (Phi) is 8.44. The molecule has 0 spiro atoms. The molecule has 0 aliphatic heterocycles. The van der Waals surface area contributed by atoms with Crippen molar-refractivity contribution >= 4 is 23.1 Å². The lowest BCUT2D eigenvalue weighted by atomic mass is 10.0. The van der Waals surface area contributed by atoms with Crippen LogP contribution in [0.4, 0.5) is 0 Å². The van der Waals surface area contributed by atoms with E-state index in [9.17, 15) is 0 Å². The van der Waals surface area contributed by atoms with Crippen molar-refractivity contribution in [1.82, 2.24) is 24.9 Å². The highest BCUT2D eigenvalue weighted by molar-refractivity contribution is 7.85. The third-order valence-electron chi connectivity index (χ3n) is 8.57. The van der Waals surface area contributed by atoms with Gasteiger partial charge in [-0.15, -0.1) is 0 Å². The van der Waals surface area contributed by atoms with Crippen molar-refractivity contribution in [1.29, 1.82) is 0 Å². The highest BCUT2D eigenvalue weighted by atomic mass is 31.2. The Morgan fingerprint density at radius 1 is 0.340 bits per heavy atom. The average molecular weight is 664 g/mol. The van der Waals surface area contributed by atoms with Crippen LogP contribution in [0.25, 0.3) is 56.4 Å². The summed E-state index contributed by atoms with van der Waals surface area (Å²) >= 11 is 0. The van der Waals surface area contributed by atoms with E-state index < -0.39 is 7.14 Å². The molecule has 8 rings (SSSR count). The van der Waals surface area contributed by atoms with Crippen molar-refractivity contribution in [2.75, 3.05) is 0 Å².